The van der Waals surface area contributed by atoms with Gasteiger partial charge in [0.05, 0.1) is 17.3 Å². The summed E-state index contributed by atoms with van der Waals surface area (Å²) in [5, 5.41) is 20.0. The van der Waals surface area contributed by atoms with Crippen LogP contribution in [0.25, 0.3) is 0 Å². The maximum absolute atomic E-state index is 8.93. The van der Waals surface area contributed by atoms with Gasteiger partial charge in [0, 0.05) is 19.3 Å². The van der Waals surface area contributed by atoms with E-state index in [1.165, 1.54) is 0 Å². The van der Waals surface area contributed by atoms with Crippen LogP contribution >= 0.6 is 0 Å². The first-order valence-electron chi connectivity index (χ1n) is 5.35. The molecule has 4 nitrogen and oxygen atoms in total. The first-order valence-corrected chi connectivity index (χ1v) is 5.35. The molecule has 84 valence electrons. The number of rotatable bonds is 4. The summed E-state index contributed by atoms with van der Waals surface area (Å²) in [4.78, 5) is 0. The van der Waals surface area contributed by atoms with Crippen LogP contribution in [-0.4, -0.2) is 10.2 Å². The molecule has 0 spiro atoms. The molecule has 1 heterocycles. The Bertz CT molecular complexity index is 516. The molecule has 0 atom stereocenters. The van der Waals surface area contributed by atoms with E-state index in [9.17, 15) is 0 Å². The summed E-state index contributed by atoms with van der Waals surface area (Å²) in [7, 11) is 0. The minimum Gasteiger partial charge on any atom is -0.307 e. The van der Waals surface area contributed by atoms with Crippen LogP contribution in [0.1, 0.15) is 16.8 Å². The van der Waals surface area contributed by atoms with E-state index in [0.29, 0.717) is 18.7 Å². The molecule has 1 aromatic heterocycles. The molecule has 1 N–H and O–H groups in total. The Morgan fingerprint density at radius 1 is 1.12 bits per heavy atom. The third-order valence-electron chi connectivity index (χ3n) is 2.39. The van der Waals surface area contributed by atoms with Gasteiger partial charge in [-0.2, -0.15) is 15.5 Å². The minimum atomic E-state index is 0.646. The summed E-state index contributed by atoms with van der Waals surface area (Å²) < 4.78 is 0. The summed E-state index contributed by atoms with van der Waals surface area (Å²) in [6, 6.07) is 13.5. The van der Waals surface area contributed by atoms with E-state index in [0.717, 1.165) is 11.3 Å². The molecule has 0 aliphatic carbocycles. The summed E-state index contributed by atoms with van der Waals surface area (Å²) >= 11 is 0. The Hall–Kier alpha value is -2.25. The van der Waals surface area contributed by atoms with Crippen LogP contribution in [0.15, 0.2) is 42.6 Å². The zero-order chi connectivity index (χ0) is 11.9. The quantitative estimate of drug-likeness (QED) is 0.857. The van der Waals surface area contributed by atoms with Gasteiger partial charge in [-0.15, -0.1) is 0 Å². The van der Waals surface area contributed by atoms with Crippen molar-refractivity contribution in [2.75, 3.05) is 0 Å². The third kappa shape index (κ3) is 3.10. The van der Waals surface area contributed by atoms with Crippen molar-refractivity contribution >= 4 is 0 Å². The fourth-order valence-corrected chi connectivity index (χ4v) is 1.54. The van der Waals surface area contributed by atoms with E-state index in [2.05, 4.69) is 21.6 Å². The van der Waals surface area contributed by atoms with Crippen molar-refractivity contribution in [2.45, 2.75) is 13.1 Å². The minimum absolute atomic E-state index is 0.646. The number of hydrogen-bond donors (Lipinski definition) is 1. The highest BCUT2D eigenvalue weighted by Gasteiger charge is 2.00. The molecule has 4 heteroatoms. The predicted molar refractivity (Wildman–Crippen MR) is 63.7 cm³/mol. The normalized spacial score (nSPS) is 9.82. The SMILES string of the molecule is N#Cc1ccccc1CNCc1cccnn1. The molecule has 2 aromatic rings. The molecule has 0 saturated heterocycles. The maximum atomic E-state index is 8.93. The molecule has 0 aliphatic heterocycles. The smallest absolute Gasteiger partial charge is 0.0995 e. The topological polar surface area (TPSA) is 61.6 Å². The van der Waals surface area contributed by atoms with Crippen LogP contribution in [0.4, 0.5) is 0 Å². The first-order chi connectivity index (χ1) is 8.40. The maximum Gasteiger partial charge on any atom is 0.0995 e. The summed E-state index contributed by atoms with van der Waals surface area (Å²) in [6.07, 6.45) is 1.65. The summed E-state index contributed by atoms with van der Waals surface area (Å²) in [5.41, 5.74) is 2.60. The van der Waals surface area contributed by atoms with Crippen LogP contribution in [0.2, 0.25) is 0 Å². The number of nitriles is 1. The summed E-state index contributed by atoms with van der Waals surface area (Å²) in [5.74, 6) is 0. The van der Waals surface area contributed by atoms with Gasteiger partial charge >= 0.3 is 0 Å². The number of benzene rings is 1. The Kier molecular flexibility index (Phi) is 3.79. The van der Waals surface area contributed by atoms with Gasteiger partial charge in [0.25, 0.3) is 0 Å². The van der Waals surface area contributed by atoms with Crippen LogP contribution in [0, 0.1) is 11.3 Å². The van der Waals surface area contributed by atoms with E-state index in [1.54, 1.807) is 6.20 Å². The van der Waals surface area contributed by atoms with Crippen LogP contribution in [0.5, 0.6) is 0 Å². The fourth-order valence-electron chi connectivity index (χ4n) is 1.54. The molecular weight excluding hydrogens is 212 g/mol. The average molecular weight is 224 g/mol. The zero-order valence-electron chi connectivity index (χ0n) is 9.30. The zero-order valence-corrected chi connectivity index (χ0v) is 9.30. The Morgan fingerprint density at radius 2 is 2.00 bits per heavy atom. The lowest BCUT2D eigenvalue weighted by molar-refractivity contribution is 0.669. The molecule has 0 amide bonds. The van der Waals surface area contributed by atoms with Gasteiger partial charge in [-0.3, -0.25) is 0 Å². The number of nitrogens with one attached hydrogen (secondary N) is 1. The third-order valence-corrected chi connectivity index (χ3v) is 2.39. The van der Waals surface area contributed by atoms with Crippen molar-refractivity contribution < 1.29 is 0 Å². The second-order valence-corrected chi connectivity index (χ2v) is 3.59. The molecule has 2 rings (SSSR count). The lowest BCUT2D eigenvalue weighted by Gasteiger charge is -2.05. The molecule has 0 unspecified atom stereocenters. The van der Waals surface area contributed by atoms with E-state index >= 15 is 0 Å². The first kappa shape index (κ1) is 11.2. The molecule has 1 aromatic carbocycles. The van der Waals surface area contributed by atoms with E-state index in [1.807, 2.05) is 36.4 Å². The van der Waals surface area contributed by atoms with Gasteiger partial charge in [-0.25, -0.2) is 0 Å². The average Bonchev–Trinajstić information content (AvgIpc) is 2.40. The van der Waals surface area contributed by atoms with Gasteiger partial charge < -0.3 is 5.32 Å². The van der Waals surface area contributed by atoms with Gasteiger partial charge in [0.2, 0.25) is 0 Å². The molecule has 0 radical (unpaired) electrons. The lowest BCUT2D eigenvalue weighted by Crippen LogP contribution is -2.14. The van der Waals surface area contributed by atoms with Gasteiger partial charge in [-0.05, 0) is 23.8 Å². The van der Waals surface area contributed by atoms with Crippen molar-refractivity contribution in [2.24, 2.45) is 0 Å². The molecule has 17 heavy (non-hydrogen) atoms. The monoisotopic (exact) mass is 224 g/mol. The Balaban J connectivity index is 1.93. The molecule has 0 bridgehead atoms. The van der Waals surface area contributed by atoms with Gasteiger partial charge in [-0.1, -0.05) is 18.2 Å². The number of nitrogens with zero attached hydrogens (tertiary/aromatic N) is 3. The number of hydrogen-bond acceptors (Lipinski definition) is 4. The van der Waals surface area contributed by atoms with E-state index in [4.69, 9.17) is 5.26 Å². The van der Waals surface area contributed by atoms with Crippen LogP contribution < -0.4 is 5.32 Å². The van der Waals surface area contributed by atoms with E-state index < -0.39 is 0 Å². The highest BCUT2D eigenvalue weighted by molar-refractivity contribution is 5.37. The molecule has 0 saturated carbocycles. The fraction of sp³-hybridized carbons (Fsp3) is 0.154. The van der Waals surface area contributed by atoms with Gasteiger partial charge in [0.1, 0.15) is 0 Å². The van der Waals surface area contributed by atoms with Crippen molar-refractivity contribution in [1.82, 2.24) is 15.5 Å². The number of aromatic nitrogens is 2. The Morgan fingerprint density at radius 3 is 2.76 bits per heavy atom. The summed E-state index contributed by atoms with van der Waals surface area (Å²) in [6.45, 7) is 1.30. The van der Waals surface area contributed by atoms with Crippen LogP contribution in [-0.2, 0) is 13.1 Å². The second kappa shape index (κ2) is 5.73. The largest absolute Gasteiger partial charge is 0.307 e. The van der Waals surface area contributed by atoms with E-state index in [-0.39, 0.29) is 0 Å². The van der Waals surface area contributed by atoms with Crippen molar-refractivity contribution in [3.63, 3.8) is 0 Å². The van der Waals surface area contributed by atoms with Crippen LogP contribution in [0.3, 0.4) is 0 Å². The lowest BCUT2D eigenvalue weighted by atomic mass is 10.1. The highest BCUT2D eigenvalue weighted by Crippen LogP contribution is 2.06. The molecule has 0 aliphatic rings. The van der Waals surface area contributed by atoms with Crippen molar-refractivity contribution in [3.05, 3.63) is 59.4 Å². The van der Waals surface area contributed by atoms with Crippen molar-refractivity contribution in [1.29, 1.82) is 5.26 Å². The van der Waals surface area contributed by atoms with Gasteiger partial charge in [0.15, 0.2) is 0 Å². The van der Waals surface area contributed by atoms with Crippen molar-refractivity contribution in [3.8, 4) is 6.07 Å². The Labute approximate surface area is 99.9 Å². The molecular formula is C13H12N4. The standard InChI is InChI=1S/C13H12N4/c14-8-11-4-1-2-5-12(11)9-15-10-13-6-3-7-16-17-13/h1-7,15H,9-10H2. The predicted octanol–water partition coefficient (Wildman–Crippen LogP) is 1.64. The highest BCUT2D eigenvalue weighted by atomic mass is 15.1. The second-order valence-electron chi connectivity index (χ2n) is 3.59. The molecule has 0 fully saturated rings.